The Morgan fingerprint density at radius 3 is 2.59 bits per heavy atom. The molecule has 0 spiro atoms. The molecule has 1 atom stereocenters. The summed E-state index contributed by atoms with van der Waals surface area (Å²) >= 11 is 0. The van der Waals surface area contributed by atoms with Crippen LogP contribution in [-0.2, 0) is 4.84 Å². The molecule has 140 valence electrons. The van der Waals surface area contributed by atoms with E-state index in [9.17, 15) is 4.79 Å². The summed E-state index contributed by atoms with van der Waals surface area (Å²) < 4.78 is 10.8. The highest BCUT2D eigenvalue weighted by molar-refractivity contribution is 6.13. The van der Waals surface area contributed by atoms with Gasteiger partial charge in [0, 0.05) is 18.5 Å². The molecule has 1 amide bonds. The molecular weight excluding hydrogens is 346 g/mol. The first-order chi connectivity index (χ1) is 13.2. The van der Waals surface area contributed by atoms with E-state index < -0.39 is 0 Å². The molecule has 2 aliphatic rings. The Morgan fingerprint density at radius 1 is 1.07 bits per heavy atom. The molecule has 7 heteroatoms. The van der Waals surface area contributed by atoms with Crippen molar-refractivity contribution in [3.8, 4) is 11.5 Å². The molecule has 0 radical (unpaired) electrons. The van der Waals surface area contributed by atoms with Gasteiger partial charge in [0.2, 0.25) is 0 Å². The van der Waals surface area contributed by atoms with Crippen molar-refractivity contribution >= 4 is 17.3 Å². The Balaban J connectivity index is 1.82. The Kier molecular flexibility index (Phi) is 4.35. The number of oxime groups is 1. The number of nitrogens with one attached hydrogen (secondary N) is 1. The number of ether oxygens (including phenoxy) is 2. The molecule has 0 bridgehead atoms. The van der Waals surface area contributed by atoms with Crippen molar-refractivity contribution in [1.29, 1.82) is 0 Å². The molecule has 1 unspecified atom stereocenters. The maximum atomic E-state index is 12.8. The summed E-state index contributed by atoms with van der Waals surface area (Å²) in [6, 6.07) is 11.4. The van der Waals surface area contributed by atoms with Gasteiger partial charge in [-0.1, -0.05) is 23.4 Å². The number of carbonyl (C=O) groups is 1. The predicted octanol–water partition coefficient (Wildman–Crippen LogP) is 2.71. The van der Waals surface area contributed by atoms with Gasteiger partial charge in [-0.3, -0.25) is 4.79 Å². The normalized spacial score (nSPS) is 19.4. The fourth-order valence-electron chi connectivity index (χ4n) is 3.77. The number of carbonyl (C=O) groups excluding carboxylic acids is 1. The lowest BCUT2D eigenvalue weighted by atomic mass is 9.92. The lowest BCUT2D eigenvalue weighted by Crippen LogP contribution is -2.49. The van der Waals surface area contributed by atoms with Crippen LogP contribution in [0.3, 0.4) is 0 Å². The summed E-state index contributed by atoms with van der Waals surface area (Å²) in [5, 5.41) is 7.26. The third-order valence-corrected chi connectivity index (χ3v) is 4.97. The van der Waals surface area contributed by atoms with Crippen molar-refractivity contribution in [3.63, 3.8) is 0 Å². The van der Waals surface area contributed by atoms with Gasteiger partial charge < -0.3 is 24.5 Å². The Hall–Kier alpha value is -3.22. The number of hydrogen-bond acceptors (Lipinski definition) is 6. The van der Waals surface area contributed by atoms with Gasteiger partial charge in [0.05, 0.1) is 31.2 Å². The minimum atomic E-state index is -0.296. The van der Waals surface area contributed by atoms with Crippen molar-refractivity contribution in [2.75, 3.05) is 32.8 Å². The van der Waals surface area contributed by atoms with E-state index >= 15 is 0 Å². The van der Waals surface area contributed by atoms with Gasteiger partial charge in [0.25, 0.3) is 5.91 Å². The average molecular weight is 367 g/mol. The molecule has 0 saturated carbocycles. The van der Waals surface area contributed by atoms with Crippen LogP contribution in [0.25, 0.3) is 0 Å². The van der Waals surface area contributed by atoms with Crippen LogP contribution in [0.15, 0.2) is 41.6 Å². The number of amides is 1. The molecule has 0 aromatic heterocycles. The molecule has 27 heavy (non-hydrogen) atoms. The first kappa shape index (κ1) is 17.2. The minimum absolute atomic E-state index is 0.110. The quantitative estimate of drug-likeness (QED) is 0.842. The van der Waals surface area contributed by atoms with Crippen LogP contribution in [0.1, 0.15) is 34.1 Å². The van der Waals surface area contributed by atoms with Crippen molar-refractivity contribution in [2.45, 2.75) is 12.6 Å². The molecule has 0 aliphatic carbocycles. The second-order valence-electron chi connectivity index (χ2n) is 6.36. The van der Waals surface area contributed by atoms with Crippen LogP contribution in [0, 0.1) is 0 Å². The van der Waals surface area contributed by atoms with E-state index in [0.29, 0.717) is 23.6 Å². The Bertz CT molecular complexity index is 925. The number of rotatable bonds is 4. The standard InChI is InChI=1S/C20H21N3O4/c1-25-16-8-7-12(11-17(16)26-2)19-21-20(24)14-6-4-5-13-15(22-27-3)9-10-23(19)18(13)14/h4-8,11,19H,9-10H2,1-3H3,(H,21,24). The van der Waals surface area contributed by atoms with Crippen LogP contribution < -0.4 is 19.7 Å². The first-order valence-corrected chi connectivity index (χ1v) is 8.70. The van der Waals surface area contributed by atoms with E-state index in [1.807, 2.05) is 36.4 Å². The number of benzene rings is 2. The fraction of sp³-hybridized carbons (Fsp3) is 0.300. The van der Waals surface area contributed by atoms with Crippen molar-refractivity contribution in [3.05, 3.63) is 53.1 Å². The fourth-order valence-corrected chi connectivity index (χ4v) is 3.77. The highest BCUT2D eigenvalue weighted by Gasteiger charge is 2.37. The summed E-state index contributed by atoms with van der Waals surface area (Å²) in [6.45, 7) is 0.714. The van der Waals surface area contributed by atoms with Gasteiger partial charge in [-0.2, -0.15) is 0 Å². The molecule has 7 nitrogen and oxygen atoms in total. The lowest BCUT2D eigenvalue weighted by molar-refractivity contribution is 0.0926. The molecule has 0 fully saturated rings. The zero-order valence-corrected chi connectivity index (χ0v) is 15.5. The third-order valence-electron chi connectivity index (χ3n) is 4.97. The van der Waals surface area contributed by atoms with E-state index in [0.717, 1.165) is 28.9 Å². The molecule has 4 rings (SSSR count). The van der Waals surface area contributed by atoms with Gasteiger partial charge in [0.1, 0.15) is 13.3 Å². The highest BCUT2D eigenvalue weighted by atomic mass is 16.6. The van der Waals surface area contributed by atoms with Crippen LogP contribution in [-0.4, -0.2) is 39.5 Å². The van der Waals surface area contributed by atoms with Crippen molar-refractivity contribution in [1.82, 2.24) is 5.32 Å². The second-order valence-corrected chi connectivity index (χ2v) is 6.36. The third kappa shape index (κ3) is 2.75. The zero-order chi connectivity index (χ0) is 19.0. The number of anilines is 1. The summed E-state index contributed by atoms with van der Waals surface area (Å²) in [5.41, 5.74) is 4.25. The van der Waals surface area contributed by atoms with E-state index in [1.54, 1.807) is 14.2 Å². The number of hydrogen-bond donors (Lipinski definition) is 1. The molecule has 2 aromatic carbocycles. The van der Waals surface area contributed by atoms with Crippen molar-refractivity contribution in [2.24, 2.45) is 5.16 Å². The van der Waals surface area contributed by atoms with E-state index in [4.69, 9.17) is 14.3 Å². The highest BCUT2D eigenvalue weighted by Crippen LogP contribution is 2.41. The van der Waals surface area contributed by atoms with Crippen molar-refractivity contribution < 1.29 is 19.1 Å². The van der Waals surface area contributed by atoms with E-state index in [1.165, 1.54) is 7.11 Å². The number of nitrogens with zero attached hydrogens (tertiary/aromatic N) is 2. The van der Waals surface area contributed by atoms with Gasteiger partial charge in [0.15, 0.2) is 11.5 Å². The van der Waals surface area contributed by atoms with Gasteiger partial charge in [-0.05, 0) is 23.8 Å². The molecule has 2 heterocycles. The molecule has 1 N–H and O–H groups in total. The summed E-state index contributed by atoms with van der Waals surface area (Å²) in [5.74, 6) is 1.17. The first-order valence-electron chi connectivity index (χ1n) is 8.70. The average Bonchev–Trinajstić information content (AvgIpc) is 2.71. The zero-order valence-electron chi connectivity index (χ0n) is 15.5. The molecule has 2 aromatic rings. The monoisotopic (exact) mass is 367 g/mol. The molecule has 2 aliphatic heterocycles. The van der Waals surface area contributed by atoms with Crippen LogP contribution >= 0.6 is 0 Å². The molecular formula is C20H21N3O4. The largest absolute Gasteiger partial charge is 0.493 e. The lowest BCUT2D eigenvalue weighted by Gasteiger charge is -2.43. The maximum Gasteiger partial charge on any atom is 0.255 e. The minimum Gasteiger partial charge on any atom is -0.493 e. The maximum absolute atomic E-state index is 12.8. The topological polar surface area (TPSA) is 72.4 Å². The Labute approximate surface area is 157 Å². The van der Waals surface area contributed by atoms with E-state index in [-0.39, 0.29) is 12.1 Å². The molecule has 0 saturated heterocycles. The van der Waals surface area contributed by atoms with Gasteiger partial charge in [-0.15, -0.1) is 0 Å². The van der Waals surface area contributed by atoms with Gasteiger partial charge >= 0.3 is 0 Å². The number of methoxy groups -OCH3 is 2. The Morgan fingerprint density at radius 2 is 1.85 bits per heavy atom. The smallest absolute Gasteiger partial charge is 0.255 e. The van der Waals surface area contributed by atoms with E-state index in [2.05, 4.69) is 15.4 Å². The predicted molar refractivity (Wildman–Crippen MR) is 102 cm³/mol. The second kappa shape index (κ2) is 6.83. The SMILES string of the molecule is CON=C1CCN2c3c(cccc31)C(=O)NC2c1ccc(OC)c(OC)c1. The summed E-state index contributed by atoms with van der Waals surface area (Å²) in [7, 11) is 4.74. The van der Waals surface area contributed by atoms with Crippen LogP contribution in [0.4, 0.5) is 5.69 Å². The summed E-state index contributed by atoms with van der Waals surface area (Å²) in [6.07, 6.45) is 0.430. The summed E-state index contributed by atoms with van der Waals surface area (Å²) in [4.78, 5) is 20.0. The number of para-hydroxylation sites is 1. The van der Waals surface area contributed by atoms with Crippen LogP contribution in [0.2, 0.25) is 0 Å². The van der Waals surface area contributed by atoms with Gasteiger partial charge in [-0.25, -0.2) is 0 Å². The van der Waals surface area contributed by atoms with Crippen LogP contribution in [0.5, 0.6) is 11.5 Å².